The van der Waals surface area contributed by atoms with Crippen LogP contribution in [0, 0.1) is 25.7 Å². The Hall–Kier alpha value is -2.96. The third kappa shape index (κ3) is 5.40. The molecule has 0 aliphatic carbocycles. The van der Waals surface area contributed by atoms with Crippen molar-refractivity contribution in [2.24, 2.45) is 11.8 Å². The summed E-state index contributed by atoms with van der Waals surface area (Å²) in [4.78, 5) is 37.4. The Labute approximate surface area is 183 Å². The second-order valence-electron chi connectivity index (χ2n) is 8.84. The average Bonchev–Trinajstić information content (AvgIpc) is 3.11. The summed E-state index contributed by atoms with van der Waals surface area (Å²) in [5.74, 6) is 1.42. The van der Waals surface area contributed by atoms with Crippen LogP contribution >= 0.6 is 0 Å². The number of carbonyl (C=O) groups is 2. The molecule has 0 radical (unpaired) electrons. The van der Waals surface area contributed by atoms with E-state index < -0.39 is 0 Å². The van der Waals surface area contributed by atoms with Crippen LogP contribution in [0.4, 0.5) is 0 Å². The molecule has 0 spiro atoms. The highest BCUT2D eigenvalue weighted by Gasteiger charge is 2.33. The Kier molecular flexibility index (Phi) is 6.49. The van der Waals surface area contributed by atoms with Gasteiger partial charge in [-0.25, -0.2) is 4.98 Å². The lowest BCUT2D eigenvalue weighted by Crippen LogP contribution is -2.42. The van der Waals surface area contributed by atoms with Crippen LogP contribution in [0.3, 0.4) is 0 Å². The Morgan fingerprint density at radius 1 is 1.10 bits per heavy atom. The summed E-state index contributed by atoms with van der Waals surface area (Å²) in [5, 5.41) is 0. The van der Waals surface area contributed by atoms with Gasteiger partial charge >= 0.3 is 0 Å². The van der Waals surface area contributed by atoms with Crippen molar-refractivity contribution in [2.45, 2.75) is 33.1 Å². The van der Waals surface area contributed by atoms with Gasteiger partial charge in [0.25, 0.3) is 5.91 Å². The van der Waals surface area contributed by atoms with Gasteiger partial charge in [-0.05, 0) is 44.7 Å². The first-order valence-corrected chi connectivity index (χ1v) is 11.0. The monoisotopic (exact) mass is 422 g/mol. The lowest BCUT2D eigenvalue weighted by atomic mass is 9.95. The SMILES string of the molecule is Cc1cc(C)cc(C(=O)N2CCC(CN3CC(COc4cnccn4)CC3=O)CC2)c1. The second kappa shape index (κ2) is 9.45. The van der Waals surface area contributed by atoms with Crippen molar-refractivity contribution in [3.63, 3.8) is 0 Å². The van der Waals surface area contributed by atoms with Crippen molar-refractivity contribution in [1.82, 2.24) is 19.8 Å². The number of ether oxygens (including phenoxy) is 1. The van der Waals surface area contributed by atoms with Crippen LogP contribution in [0.1, 0.15) is 40.7 Å². The van der Waals surface area contributed by atoms with Crippen LogP contribution < -0.4 is 4.74 Å². The second-order valence-corrected chi connectivity index (χ2v) is 8.84. The number of aromatic nitrogens is 2. The van der Waals surface area contributed by atoms with E-state index in [1.165, 1.54) is 0 Å². The predicted molar refractivity (Wildman–Crippen MR) is 117 cm³/mol. The lowest BCUT2D eigenvalue weighted by molar-refractivity contribution is -0.128. The minimum absolute atomic E-state index is 0.115. The highest BCUT2D eigenvalue weighted by atomic mass is 16.5. The Morgan fingerprint density at radius 2 is 1.84 bits per heavy atom. The maximum atomic E-state index is 12.9. The molecule has 4 rings (SSSR count). The number of amides is 2. The Bertz CT molecular complexity index is 905. The molecule has 2 aliphatic heterocycles. The molecule has 2 aromatic rings. The van der Waals surface area contributed by atoms with Crippen LogP contribution in [0.5, 0.6) is 5.88 Å². The molecule has 0 saturated carbocycles. The van der Waals surface area contributed by atoms with Gasteiger partial charge in [0.1, 0.15) is 0 Å². The van der Waals surface area contributed by atoms with Crippen LogP contribution in [0.2, 0.25) is 0 Å². The molecule has 7 heteroatoms. The lowest BCUT2D eigenvalue weighted by Gasteiger charge is -2.34. The average molecular weight is 423 g/mol. The first kappa shape index (κ1) is 21.3. The molecule has 31 heavy (non-hydrogen) atoms. The van der Waals surface area contributed by atoms with E-state index in [4.69, 9.17) is 4.74 Å². The minimum Gasteiger partial charge on any atom is -0.476 e. The van der Waals surface area contributed by atoms with Crippen molar-refractivity contribution in [3.8, 4) is 5.88 Å². The van der Waals surface area contributed by atoms with Crippen LogP contribution in [0.25, 0.3) is 0 Å². The van der Waals surface area contributed by atoms with Crippen molar-refractivity contribution in [3.05, 3.63) is 53.5 Å². The first-order chi connectivity index (χ1) is 15.0. The van der Waals surface area contributed by atoms with E-state index in [0.29, 0.717) is 24.8 Å². The van der Waals surface area contributed by atoms with E-state index in [0.717, 1.165) is 55.7 Å². The van der Waals surface area contributed by atoms with Crippen LogP contribution in [-0.4, -0.2) is 64.4 Å². The third-order valence-corrected chi connectivity index (χ3v) is 6.15. The third-order valence-electron chi connectivity index (χ3n) is 6.15. The van der Waals surface area contributed by atoms with Gasteiger partial charge in [0.15, 0.2) is 0 Å². The fourth-order valence-corrected chi connectivity index (χ4v) is 4.62. The Morgan fingerprint density at radius 3 is 2.52 bits per heavy atom. The fraction of sp³-hybridized carbons (Fsp3) is 0.500. The fourth-order valence-electron chi connectivity index (χ4n) is 4.62. The number of benzene rings is 1. The van der Waals surface area contributed by atoms with Crippen LogP contribution in [-0.2, 0) is 4.79 Å². The van der Waals surface area contributed by atoms with E-state index in [-0.39, 0.29) is 17.7 Å². The minimum atomic E-state index is 0.115. The van der Waals surface area contributed by atoms with E-state index in [2.05, 4.69) is 16.0 Å². The summed E-state index contributed by atoms with van der Waals surface area (Å²) in [6.45, 7) is 7.51. The van der Waals surface area contributed by atoms with Gasteiger partial charge in [-0.2, -0.15) is 0 Å². The zero-order chi connectivity index (χ0) is 21.8. The van der Waals surface area contributed by atoms with Gasteiger partial charge in [-0.3, -0.25) is 14.6 Å². The maximum absolute atomic E-state index is 12.9. The van der Waals surface area contributed by atoms with Gasteiger partial charge < -0.3 is 14.5 Å². The molecule has 1 unspecified atom stereocenters. The molecule has 1 aromatic heterocycles. The number of piperidine rings is 1. The van der Waals surface area contributed by atoms with Gasteiger partial charge in [0, 0.05) is 56.5 Å². The molecule has 2 saturated heterocycles. The van der Waals surface area contributed by atoms with Crippen molar-refractivity contribution >= 4 is 11.8 Å². The highest BCUT2D eigenvalue weighted by molar-refractivity contribution is 5.94. The predicted octanol–water partition coefficient (Wildman–Crippen LogP) is 2.87. The van der Waals surface area contributed by atoms with Crippen molar-refractivity contribution < 1.29 is 14.3 Å². The number of hydrogen-bond acceptors (Lipinski definition) is 5. The zero-order valence-electron chi connectivity index (χ0n) is 18.3. The highest BCUT2D eigenvalue weighted by Crippen LogP contribution is 2.25. The molecule has 2 amide bonds. The van der Waals surface area contributed by atoms with Gasteiger partial charge in [-0.15, -0.1) is 0 Å². The summed E-state index contributed by atoms with van der Waals surface area (Å²) in [6.07, 6.45) is 7.17. The zero-order valence-corrected chi connectivity index (χ0v) is 18.3. The topological polar surface area (TPSA) is 75.6 Å². The maximum Gasteiger partial charge on any atom is 0.253 e. The van der Waals surface area contributed by atoms with Crippen molar-refractivity contribution in [1.29, 1.82) is 0 Å². The molecule has 0 bridgehead atoms. The number of hydrogen-bond donors (Lipinski definition) is 0. The summed E-state index contributed by atoms with van der Waals surface area (Å²) >= 11 is 0. The molecular weight excluding hydrogens is 392 g/mol. The first-order valence-electron chi connectivity index (χ1n) is 11.0. The van der Waals surface area contributed by atoms with Crippen molar-refractivity contribution in [2.75, 3.05) is 32.8 Å². The van der Waals surface area contributed by atoms with Gasteiger partial charge in [0.2, 0.25) is 11.8 Å². The molecular formula is C24H30N4O3. The van der Waals surface area contributed by atoms with E-state index in [9.17, 15) is 9.59 Å². The number of carbonyl (C=O) groups excluding carboxylic acids is 2. The molecule has 1 atom stereocenters. The summed E-state index contributed by atoms with van der Waals surface area (Å²) in [7, 11) is 0. The van der Waals surface area contributed by atoms with E-state index in [1.807, 2.05) is 35.8 Å². The normalized spacial score (nSPS) is 19.7. The number of rotatable bonds is 6. The van der Waals surface area contributed by atoms with E-state index in [1.54, 1.807) is 18.6 Å². The summed E-state index contributed by atoms with van der Waals surface area (Å²) < 4.78 is 5.68. The summed E-state index contributed by atoms with van der Waals surface area (Å²) in [5.41, 5.74) is 3.00. The standard InChI is InChI=1S/C24H30N4O3/c1-17-9-18(2)11-21(10-17)24(30)27-7-3-19(4-8-27)14-28-15-20(12-23(28)29)16-31-22-13-25-5-6-26-22/h5-6,9-11,13,19-20H,3-4,7-8,12,14-16H2,1-2H3. The van der Waals surface area contributed by atoms with Crippen LogP contribution in [0.15, 0.2) is 36.8 Å². The molecule has 2 aliphatic rings. The molecule has 164 valence electrons. The number of likely N-dealkylation sites (tertiary alicyclic amines) is 2. The number of aryl methyl sites for hydroxylation is 2. The quantitative estimate of drug-likeness (QED) is 0.716. The molecule has 7 nitrogen and oxygen atoms in total. The molecule has 2 fully saturated rings. The van der Waals surface area contributed by atoms with E-state index >= 15 is 0 Å². The largest absolute Gasteiger partial charge is 0.476 e. The smallest absolute Gasteiger partial charge is 0.253 e. The van der Waals surface area contributed by atoms with Gasteiger partial charge in [0.05, 0.1) is 12.8 Å². The molecule has 1 aromatic carbocycles. The summed E-state index contributed by atoms with van der Waals surface area (Å²) in [6, 6.07) is 6.02. The van der Waals surface area contributed by atoms with Gasteiger partial charge in [-0.1, -0.05) is 17.2 Å². The number of nitrogens with zero attached hydrogens (tertiary/aromatic N) is 4. The molecule has 0 N–H and O–H groups in total. The Balaban J connectivity index is 1.24. The molecule has 3 heterocycles.